The van der Waals surface area contributed by atoms with Crippen LogP contribution in [0.1, 0.15) is 0 Å². The Balaban J connectivity index is 0.000000161. The van der Waals surface area contributed by atoms with E-state index < -0.39 is 0 Å². The summed E-state index contributed by atoms with van der Waals surface area (Å²) in [4.78, 5) is 24.7. The van der Waals surface area contributed by atoms with Crippen LogP contribution < -0.4 is 10.9 Å². The summed E-state index contributed by atoms with van der Waals surface area (Å²) in [5.41, 5.74) is 1.39. The molecule has 0 fully saturated rings. The maximum atomic E-state index is 12.4. The van der Waals surface area contributed by atoms with Gasteiger partial charge in [0.2, 0.25) is 0 Å². The summed E-state index contributed by atoms with van der Waals surface area (Å²) in [5, 5.41) is 56.9. The van der Waals surface area contributed by atoms with Crippen molar-refractivity contribution in [1.82, 2.24) is 0 Å². The molecule has 0 atom stereocenters. The molecular weight excluding hydrogens is 520 g/mol. The van der Waals surface area contributed by atoms with Gasteiger partial charge in [-0.05, 0) is 59.7 Å². The number of benzene rings is 4. The molecule has 0 spiro atoms. The molecule has 0 radical (unpaired) electrons. The van der Waals surface area contributed by atoms with Crippen LogP contribution in [0.2, 0.25) is 0 Å². The predicted molar refractivity (Wildman–Crippen MR) is 146 cm³/mol. The second-order valence-corrected chi connectivity index (χ2v) is 8.72. The lowest BCUT2D eigenvalue weighted by Gasteiger charge is -2.04. The molecule has 0 aliphatic carbocycles. The topological polar surface area (TPSA) is 182 Å². The van der Waals surface area contributed by atoms with Gasteiger partial charge in [0, 0.05) is 12.1 Å². The molecule has 10 heteroatoms. The Morgan fingerprint density at radius 3 is 1.23 bits per heavy atom. The van der Waals surface area contributed by atoms with E-state index >= 15 is 0 Å². The second-order valence-electron chi connectivity index (χ2n) is 8.72. The summed E-state index contributed by atoms with van der Waals surface area (Å²) in [5.74, 6) is -1.13. The highest BCUT2D eigenvalue weighted by molar-refractivity contribution is 5.84. The Morgan fingerprint density at radius 2 is 0.850 bits per heavy atom. The van der Waals surface area contributed by atoms with Crippen LogP contribution in [0.15, 0.2) is 104 Å². The fourth-order valence-corrected chi connectivity index (χ4v) is 4.01. The zero-order valence-electron chi connectivity index (χ0n) is 20.4. The van der Waals surface area contributed by atoms with E-state index in [0.717, 1.165) is 0 Å². The SMILES string of the molecule is O=c1c(-c2ccc(O)c(O)c2)coc2cc(O)ccc12.O=c1c(-c2ccc(O)c(O)c2)coc2cc(O)ccc12. The van der Waals surface area contributed by atoms with E-state index in [9.17, 15) is 40.2 Å². The Kier molecular flexibility index (Phi) is 6.50. The van der Waals surface area contributed by atoms with Gasteiger partial charge in [0.15, 0.2) is 33.9 Å². The van der Waals surface area contributed by atoms with Crippen molar-refractivity contribution in [3.63, 3.8) is 0 Å². The highest BCUT2D eigenvalue weighted by Gasteiger charge is 2.13. The Hall–Kier alpha value is -5.90. The van der Waals surface area contributed by atoms with Crippen molar-refractivity contribution in [3.05, 3.63) is 106 Å². The first-order valence-corrected chi connectivity index (χ1v) is 11.7. The molecule has 2 aromatic heterocycles. The van der Waals surface area contributed by atoms with Gasteiger partial charge in [-0.15, -0.1) is 0 Å². The number of hydrogen-bond donors (Lipinski definition) is 6. The fourth-order valence-electron chi connectivity index (χ4n) is 4.01. The van der Waals surface area contributed by atoms with Crippen LogP contribution >= 0.6 is 0 Å². The van der Waals surface area contributed by atoms with E-state index in [1.54, 1.807) is 0 Å². The van der Waals surface area contributed by atoms with Crippen molar-refractivity contribution in [2.45, 2.75) is 0 Å². The predicted octanol–water partition coefficient (Wildman–Crippen LogP) is 5.15. The van der Waals surface area contributed by atoms with Crippen molar-refractivity contribution in [3.8, 4) is 56.8 Å². The van der Waals surface area contributed by atoms with Crippen LogP contribution in [0, 0.1) is 0 Å². The number of fused-ring (bicyclic) bond motifs is 2. The highest BCUT2D eigenvalue weighted by Crippen LogP contribution is 2.31. The Morgan fingerprint density at radius 1 is 0.450 bits per heavy atom. The first-order valence-electron chi connectivity index (χ1n) is 11.7. The molecule has 0 saturated carbocycles. The summed E-state index contributed by atoms with van der Waals surface area (Å²) in [7, 11) is 0. The molecule has 10 nitrogen and oxygen atoms in total. The average molecular weight is 540 g/mol. The molecule has 0 unspecified atom stereocenters. The highest BCUT2D eigenvalue weighted by atomic mass is 16.3. The van der Waals surface area contributed by atoms with Crippen LogP contribution in [0.5, 0.6) is 34.5 Å². The third-order valence-corrected chi connectivity index (χ3v) is 6.09. The van der Waals surface area contributed by atoms with Crippen molar-refractivity contribution in [2.24, 2.45) is 0 Å². The minimum Gasteiger partial charge on any atom is -0.508 e. The smallest absolute Gasteiger partial charge is 0.200 e. The summed E-state index contributed by atoms with van der Waals surface area (Å²) in [6.07, 6.45) is 2.52. The van der Waals surface area contributed by atoms with Crippen LogP contribution in [-0.4, -0.2) is 30.6 Å². The summed E-state index contributed by atoms with van der Waals surface area (Å²) < 4.78 is 10.6. The van der Waals surface area contributed by atoms with Crippen molar-refractivity contribution in [1.29, 1.82) is 0 Å². The summed E-state index contributed by atoms with van der Waals surface area (Å²) >= 11 is 0. The standard InChI is InChI=1S/2C15H10O5/c2*16-9-2-3-10-14(6-9)20-7-11(15(10)19)8-1-4-12(17)13(18)5-8/h2*1-7,16-18H. The zero-order valence-corrected chi connectivity index (χ0v) is 20.4. The number of rotatable bonds is 2. The molecular formula is C30H20O10. The van der Waals surface area contributed by atoms with Gasteiger partial charge in [-0.1, -0.05) is 12.1 Å². The third kappa shape index (κ3) is 4.84. The van der Waals surface area contributed by atoms with Gasteiger partial charge < -0.3 is 39.5 Å². The molecule has 6 N–H and O–H groups in total. The molecule has 0 bridgehead atoms. The average Bonchev–Trinajstić information content (AvgIpc) is 2.93. The molecule has 4 aromatic carbocycles. The van der Waals surface area contributed by atoms with Crippen LogP contribution in [-0.2, 0) is 0 Å². The number of hydrogen-bond acceptors (Lipinski definition) is 10. The molecule has 0 aliphatic heterocycles. The van der Waals surface area contributed by atoms with Gasteiger partial charge in [-0.25, -0.2) is 0 Å². The lowest BCUT2D eigenvalue weighted by Crippen LogP contribution is -2.04. The van der Waals surface area contributed by atoms with Gasteiger partial charge >= 0.3 is 0 Å². The van der Waals surface area contributed by atoms with E-state index in [4.69, 9.17) is 8.83 Å². The number of aromatic hydroxyl groups is 6. The van der Waals surface area contributed by atoms with Gasteiger partial charge in [-0.2, -0.15) is 0 Å². The maximum absolute atomic E-state index is 12.4. The molecule has 0 saturated heterocycles. The van der Waals surface area contributed by atoms with Crippen LogP contribution in [0.3, 0.4) is 0 Å². The van der Waals surface area contributed by atoms with E-state index in [0.29, 0.717) is 21.9 Å². The lowest BCUT2D eigenvalue weighted by molar-refractivity contribution is 0.404. The van der Waals surface area contributed by atoms with E-state index in [1.165, 1.54) is 85.3 Å². The fraction of sp³-hybridized carbons (Fsp3) is 0. The van der Waals surface area contributed by atoms with E-state index in [-0.39, 0.29) is 67.6 Å². The number of phenols is 6. The quantitative estimate of drug-likeness (QED) is 0.161. The van der Waals surface area contributed by atoms with Gasteiger partial charge in [-0.3, -0.25) is 9.59 Å². The summed E-state index contributed by atoms with van der Waals surface area (Å²) in [6, 6.07) is 16.6. The lowest BCUT2D eigenvalue weighted by atomic mass is 10.0. The Bertz CT molecular complexity index is 1870. The van der Waals surface area contributed by atoms with Crippen molar-refractivity contribution < 1.29 is 39.5 Å². The molecule has 0 aliphatic rings. The van der Waals surface area contributed by atoms with Gasteiger partial charge in [0.25, 0.3) is 0 Å². The van der Waals surface area contributed by atoms with E-state index in [2.05, 4.69) is 0 Å². The molecule has 6 rings (SSSR count). The van der Waals surface area contributed by atoms with Crippen molar-refractivity contribution in [2.75, 3.05) is 0 Å². The maximum Gasteiger partial charge on any atom is 0.200 e. The van der Waals surface area contributed by atoms with Gasteiger partial charge in [0.1, 0.15) is 35.2 Å². The number of phenolic OH excluding ortho intramolecular Hbond substituents is 6. The minimum atomic E-state index is -0.312. The van der Waals surface area contributed by atoms with E-state index in [1.807, 2.05) is 0 Å². The normalized spacial score (nSPS) is 10.8. The van der Waals surface area contributed by atoms with Gasteiger partial charge in [0.05, 0.1) is 21.9 Å². The molecule has 2 heterocycles. The largest absolute Gasteiger partial charge is 0.508 e. The monoisotopic (exact) mass is 540 g/mol. The van der Waals surface area contributed by atoms with Crippen molar-refractivity contribution >= 4 is 21.9 Å². The molecule has 6 aromatic rings. The third-order valence-electron chi connectivity index (χ3n) is 6.09. The first-order chi connectivity index (χ1) is 19.1. The summed E-state index contributed by atoms with van der Waals surface area (Å²) in [6.45, 7) is 0. The second kappa shape index (κ2) is 10.1. The first kappa shape index (κ1) is 25.7. The molecule has 40 heavy (non-hydrogen) atoms. The minimum absolute atomic E-state index is 0.00989. The zero-order chi connectivity index (χ0) is 28.6. The molecule has 200 valence electrons. The molecule has 0 amide bonds. The van der Waals surface area contributed by atoms with Crippen LogP contribution in [0.4, 0.5) is 0 Å². The van der Waals surface area contributed by atoms with Crippen LogP contribution in [0.25, 0.3) is 44.2 Å². The Labute approximate surface area is 224 Å².